The first kappa shape index (κ1) is 30.5. The van der Waals surface area contributed by atoms with Crippen LogP contribution in [0.15, 0.2) is 30.3 Å². The van der Waals surface area contributed by atoms with Gasteiger partial charge in [0.15, 0.2) is 0 Å². The molecule has 2 aliphatic rings. The highest BCUT2D eigenvalue weighted by molar-refractivity contribution is 6.26. The third-order valence-electron chi connectivity index (χ3n) is 8.72. The largest absolute Gasteiger partial charge is 0.371 e. The average molecular weight is 550 g/mol. The van der Waals surface area contributed by atoms with Gasteiger partial charge in [-0.25, -0.2) is 0 Å². The van der Waals surface area contributed by atoms with Crippen molar-refractivity contribution in [2.75, 3.05) is 44.2 Å². The molecule has 0 radical (unpaired) electrons. The van der Waals surface area contributed by atoms with Gasteiger partial charge >= 0.3 is 0 Å². The van der Waals surface area contributed by atoms with Gasteiger partial charge in [-0.3, -0.25) is 14.5 Å². The second-order valence-electron chi connectivity index (χ2n) is 11.9. The van der Waals surface area contributed by atoms with E-state index in [4.69, 9.17) is 11.5 Å². The molecular formula is C33H51N5O2. The van der Waals surface area contributed by atoms with Crippen LogP contribution in [0.1, 0.15) is 105 Å². The lowest BCUT2D eigenvalue weighted by Crippen LogP contribution is -2.41. The molecule has 0 aromatic heterocycles. The first-order valence-electron chi connectivity index (χ1n) is 15.8. The molecule has 2 aromatic rings. The van der Waals surface area contributed by atoms with Crippen molar-refractivity contribution in [2.45, 2.75) is 96.6 Å². The number of anilines is 1. The second-order valence-corrected chi connectivity index (χ2v) is 11.9. The molecule has 2 amide bonds. The highest BCUT2D eigenvalue weighted by atomic mass is 16.2. The molecule has 2 aromatic carbocycles. The number of unbranched alkanes of at least 4 members (excludes halogenated alkanes) is 3. The van der Waals surface area contributed by atoms with Crippen LogP contribution in [-0.4, -0.2) is 73.0 Å². The molecule has 7 heteroatoms. The average Bonchev–Trinajstić information content (AvgIpc) is 2.91. The van der Waals surface area contributed by atoms with Crippen LogP contribution in [-0.2, 0) is 0 Å². The molecule has 4 rings (SSSR count). The van der Waals surface area contributed by atoms with E-state index < -0.39 is 0 Å². The predicted molar refractivity (Wildman–Crippen MR) is 166 cm³/mol. The van der Waals surface area contributed by atoms with E-state index >= 15 is 0 Å². The minimum Gasteiger partial charge on any atom is -0.371 e. The van der Waals surface area contributed by atoms with Crippen LogP contribution in [0, 0.1) is 0 Å². The van der Waals surface area contributed by atoms with E-state index in [0.29, 0.717) is 17.7 Å². The minimum atomic E-state index is -0.151. The van der Waals surface area contributed by atoms with E-state index in [9.17, 15) is 9.59 Å². The lowest BCUT2D eigenvalue weighted by atomic mass is 9.92. The van der Waals surface area contributed by atoms with E-state index in [1.807, 2.05) is 24.3 Å². The van der Waals surface area contributed by atoms with Gasteiger partial charge in [0.2, 0.25) is 0 Å². The maximum atomic E-state index is 13.4. The predicted octanol–water partition coefficient (Wildman–Crippen LogP) is 5.54. The van der Waals surface area contributed by atoms with Gasteiger partial charge in [-0.1, -0.05) is 51.7 Å². The lowest BCUT2D eigenvalue weighted by molar-refractivity contribution is 0.0607. The number of nitrogens with zero attached hydrogens (tertiary/aromatic N) is 3. The number of carbonyl (C=O) groups is 2. The SMILES string of the molecule is CCCC(N)CCN(CCCCCCN1C(=O)c2cccc3c(N4CCC4)ccc(c23)C1=O)CCC(N)CCC. The first-order chi connectivity index (χ1) is 19.4. The summed E-state index contributed by atoms with van der Waals surface area (Å²) >= 11 is 0. The molecule has 0 bridgehead atoms. The summed E-state index contributed by atoms with van der Waals surface area (Å²) in [6, 6.07) is 10.4. The minimum absolute atomic E-state index is 0.151. The topological polar surface area (TPSA) is 95.9 Å². The molecule has 0 aliphatic carbocycles. The Kier molecular flexibility index (Phi) is 11.4. The van der Waals surface area contributed by atoms with E-state index in [1.165, 1.54) is 11.3 Å². The lowest BCUT2D eigenvalue weighted by Gasteiger charge is -2.35. The van der Waals surface area contributed by atoms with Crippen molar-refractivity contribution in [1.82, 2.24) is 9.80 Å². The highest BCUT2D eigenvalue weighted by Gasteiger charge is 2.33. The van der Waals surface area contributed by atoms with Gasteiger partial charge in [-0.15, -0.1) is 0 Å². The van der Waals surface area contributed by atoms with Crippen molar-refractivity contribution in [3.63, 3.8) is 0 Å². The summed E-state index contributed by atoms with van der Waals surface area (Å²) in [4.78, 5) is 33.1. The molecule has 2 heterocycles. The van der Waals surface area contributed by atoms with Gasteiger partial charge in [0.25, 0.3) is 11.8 Å². The van der Waals surface area contributed by atoms with Gasteiger partial charge < -0.3 is 21.3 Å². The molecule has 1 saturated heterocycles. The third-order valence-corrected chi connectivity index (χ3v) is 8.72. The zero-order chi connectivity index (χ0) is 28.5. The Balaban J connectivity index is 1.26. The number of nitrogens with two attached hydrogens (primary N) is 2. The summed E-state index contributed by atoms with van der Waals surface area (Å²) in [5.41, 5.74) is 15.0. The van der Waals surface area contributed by atoms with E-state index in [1.54, 1.807) is 0 Å². The molecule has 1 fully saturated rings. The molecule has 2 aliphatic heterocycles. The molecule has 2 atom stereocenters. The molecule has 0 spiro atoms. The van der Waals surface area contributed by atoms with Crippen LogP contribution in [0.4, 0.5) is 5.69 Å². The maximum Gasteiger partial charge on any atom is 0.261 e. The number of rotatable bonds is 18. The van der Waals surface area contributed by atoms with Crippen LogP contribution in [0.25, 0.3) is 10.8 Å². The summed E-state index contributed by atoms with van der Waals surface area (Å²) < 4.78 is 0. The summed E-state index contributed by atoms with van der Waals surface area (Å²) in [6.07, 6.45) is 11.7. The smallest absolute Gasteiger partial charge is 0.261 e. The van der Waals surface area contributed by atoms with Gasteiger partial charge in [0.1, 0.15) is 0 Å². The van der Waals surface area contributed by atoms with E-state index in [-0.39, 0.29) is 23.9 Å². The number of benzene rings is 2. The van der Waals surface area contributed by atoms with Gasteiger partial charge in [0, 0.05) is 59.3 Å². The Morgan fingerprint density at radius 3 is 2.00 bits per heavy atom. The highest BCUT2D eigenvalue weighted by Crippen LogP contribution is 2.37. The Hall–Kier alpha value is -2.48. The van der Waals surface area contributed by atoms with Crippen LogP contribution in [0.3, 0.4) is 0 Å². The van der Waals surface area contributed by atoms with Gasteiger partial charge in [0.05, 0.1) is 0 Å². The molecule has 2 unspecified atom stereocenters. The molecule has 0 saturated carbocycles. The van der Waals surface area contributed by atoms with E-state index in [0.717, 1.165) is 113 Å². The number of imide groups is 1. The number of hydrogen-bond acceptors (Lipinski definition) is 6. The monoisotopic (exact) mass is 549 g/mol. The maximum absolute atomic E-state index is 13.4. The van der Waals surface area contributed by atoms with Crippen molar-refractivity contribution < 1.29 is 9.59 Å². The number of carbonyl (C=O) groups excluding carboxylic acids is 2. The van der Waals surface area contributed by atoms with Crippen LogP contribution in [0.5, 0.6) is 0 Å². The summed E-state index contributed by atoms with van der Waals surface area (Å²) in [6.45, 7) is 10.0. The molecular weight excluding hydrogens is 498 g/mol. The van der Waals surface area contributed by atoms with E-state index in [2.05, 4.69) is 29.7 Å². The van der Waals surface area contributed by atoms with Crippen molar-refractivity contribution >= 4 is 28.3 Å². The van der Waals surface area contributed by atoms with Crippen molar-refractivity contribution in [3.8, 4) is 0 Å². The Morgan fingerprint density at radius 1 is 0.775 bits per heavy atom. The quantitative estimate of drug-likeness (QED) is 0.187. The molecule has 7 nitrogen and oxygen atoms in total. The fraction of sp³-hybridized carbons (Fsp3) is 0.636. The number of amides is 2. The zero-order valence-electron chi connectivity index (χ0n) is 24.9. The summed E-state index contributed by atoms with van der Waals surface area (Å²) in [7, 11) is 0. The Bertz CT molecular complexity index is 1090. The first-order valence-corrected chi connectivity index (χ1v) is 15.8. The standard InChI is InChI=1S/C33H51N5O2/c1-3-11-25(34)17-23-36(24-18-26(35)12-4-2)19-7-5-6-8-22-38-32(39)28-14-9-13-27-30(37-20-10-21-37)16-15-29(31(27)28)33(38)40/h9,13-16,25-26H,3-8,10-12,17-24,34-35H2,1-2H3. The summed E-state index contributed by atoms with van der Waals surface area (Å²) in [5, 5.41) is 1.85. The second kappa shape index (κ2) is 14.9. The number of hydrogen-bond donors (Lipinski definition) is 2. The molecule has 4 N–H and O–H groups in total. The molecule has 220 valence electrons. The van der Waals surface area contributed by atoms with Crippen LogP contribution >= 0.6 is 0 Å². The fourth-order valence-corrected chi connectivity index (χ4v) is 6.19. The Labute approximate surface area is 241 Å². The normalized spacial score (nSPS) is 16.6. The van der Waals surface area contributed by atoms with Crippen molar-refractivity contribution in [2.24, 2.45) is 11.5 Å². The zero-order valence-corrected chi connectivity index (χ0v) is 24.9. The summed E-state index contributed by atoms with van der Waals surface area (Å²) in [5.74, 6) is -0.302. The van der Waals surface area contributed by atoms with Crippen molar-refractivity contribution in [3.05, 3.63) is 41.5 Å². The van der Waals surface area contributed by atoms with Gasteiger partial charge in [-0.05, 0) is 82.8 Å². The van der Waals surface area contributed by atoms with Crippen LogP contribution < -0.4 is 16.4 Å². The molecule has 40 heavy (non-hydrogen) atoms. The third kappa shape index (κ3) is 7.42. The van der Waals surface area contributed by atoms with Gasteiger partial charge in [-0.2, -0.15) is 0 Å². The van der Waals surface area contributed by atoms with Crippen molar-refractivity contribution in [1.29, 1.82) is 0 Å². The fourth-order valence-electron chi connectivity index (χ4n) is 6.19. The Morgan fingerprint density at radius 2 is 1.40 bits per heavy atom. The van der Waals surface area contributed by atoms with Crippen LogP contribution in [0.2, 0.25) is 0 Å².